The van der Waals surface area contributed by atoms with Crippen LogP contribution in [-0.2, 0) is 14.8 Å². The molecule has 0 amide bonds. The first kappa shape index (κ1) is 18.6. The Balaban J connectivity index is 2.12. The van der Waals surface area contributed by atoms with Gasteiger partial charge in [0.25, 0.3) is 0 Å². The molecule has 1 atom stereocenters. The number of pyridine rings is 1. The van der Waals surface area contributed by atoms with Crippen LogP contribution in [0.1, 0.15) is 19.4 Å². The lowest BCUT2D eigenvalue weighted by atomic mass is 10.1. The van der Waals surface area contributed by atoms with Gasteiger partial charge in [-0.3, -0.25) is 10.2 Å². The quantitative estimate of drug-likeness (QED) is 0.509. The first-order valence-corrected chi connectivity index (χ1v) is 8.85. The van der Waals surface area contributed by atoms with Crippen molar-refractivity contribution in [3.05, 3.63) is 54.2 Å². The van der Waals surface area contributed by atoms with E-state index in [9.17, 15) is 13.2 Å². The number of hydrazone groups is 1. The standard InChI is InChI=1S/C16H18N4O4S/c1-11(18-19-15-5-3-4-10-17-15)13-6-8-14(9-7-13)25(23,24)20-12(2)16(21)22/h3-10,12,20H,1-2H3,(H,17,19)(H,21,22)/b18-11-/t12-/m0/s1. The maximum atomic E-state index is 12.1. The molecule has 1 aromatic carbocycles. The molecule has 0 aliphatic heterocycles. The SMILES string of the molecule is C/C(=N/Nc1ccccn1)c1ccc(S(=O)(=O)N[C@@H](C)C(=O)O)cc1. The van der Waals surface area contributed by atoms with E-state index in [0.717, 1.165) is 0 Å². The molecule has 1 aromatic heterocycles. The summed E-state index contributed by atoms with van der Waals surface area (Å²) in [5, 5.41) is 13.0. The molecule has 2 rings (SSSR count). The molecule has 0 saturated heterocycles. The molecule has 9 heteroatoms. The van der Waals surface area contributed by atoms with Gasteiger partial charge in [-0.15, -0.1) is 0 Å². The van der Waals surface area contributed by atoms with E-state index in [0.29, 0.717) is 17.1 Å². The second kappa shape index (κ2) is 7.86. The predicted octanol–water partition coefficient (Wildman–Crippen LogP) is 1.67. The number of sulfonamides is 1. The Hall–Kier alpha value is -2.78. The van der Waals surface area contributed by atoms with Crippen LogP contribution in [0.25, 0.3) is 0 Å². The average Bonchev–Trinajstić information content (AvgIpc) is 2.60. The van der Waals surface area contributed by atoms with Crippen molar-refractivity contribution in [1.82, 2.24) is 9.71 Å². The lowest BCUT2D eigenvalue weighted by Gasteiger charge is -2.10. The van der Waals surface area contributed by atoms with E-state index in [1.165, 1.54) is 19.1 Å². The largest absolute Gasteiger partial charge is 0.480 e. The number of nitrogens with zero attached hydrogens (tertiary/aromatic N) is 2. The summed E-state index contributed by atoms with van der Waals surface area (Å²) in [6, 6.07) is 10.2. The summed E-state index contributed by atoms with van der Waals surface area (Å²) in [6.07, 6.45) is 1.64. The highest BCUT2D eigenvalue weighted by Gasteiger charge is 2.21. The second-order valence-electron chi connectivity index (χ2n) is 5.23. The van der Waals surface area contributed by atoms with Crippen molar-refractivity contribution in [2.45, 2.75) is 24.8 Å². The summed E-state index contributed by atoms with van der Waals surface area (Å²) in [7, 11) is -3.90. The van der Waals surface area contributed by atoms with Crippen molar-refractivity contribution in [2.75, 3.05) is 5.43 Å². The summed E-state index contributed by atoms with van der Waals surface area (Å²) < 4.78 is 26.3. The molecule has 0 bridgehead atoms. The van der Waals surface area contributed by atoms with Gasteiger partial charge in [-0.05, 0) is 43.7 Å². The van der Waals surface area contributed by atoms with E-state index in [2.05, 4.69) is 20.2 Å². The predicted molar refractivity (Wildman–Crippen MR) is 93.9 cm³/mol. The molecule has 0 radical (unpaired) electrons. The van der Waals surface area contributed by atoms with Gasteiger partial charge in [0, 0.05) is 6.20 Å². The highest BCUT2D eigenvalue weighted by Crippen LogP contribution is 2.12. The van der Waals surface area contributed by atoms with Crippen molar-refractivity contribution in [1.29, 1.82) is 0 Å². The Kier molecular flexibility index (Phi) is 5.84. The summed E-state index contributed by atoms with van der Waals surface area (Å²) in [5.41, 5.74) is 4.16. The number of aliphatic carboxylic acids is 1. The van der Waals surface area contributed by atoms with Crippen LogP contribution >= 0.6 is 0 Å². The third-order valence-corrected chi connectivity index (χ3v) is 4.84. The lowest BCUT2D eigenvalue weighted by Crippen LogP contribution is -2.38. The zero-order chi connectivity index (χ0) is 18.4. The van der Waals surface area contributed by atoms with Gasteiger partial charge in [0.15, 0.2) is 0 Å². The number of benzene rings is 1. The van der Waals surface area contributed by atoms with Crippen LogP contribution in [0, 0.1) is 0 Å². The van der Waals surface area contributed by atoms with Crippen LogP contribution < -0.4 is 10.1 Å². The van der Waals surface area contributed by atoms with Crippen LogP contribution in [0.3, 0.4) is 0 Å². The van der Waals surface area contributed by atoms with E-state index < -0.39 is 22.0 Å². The average molecular weight is 362 g/mol. The lowest BCUT2D eigenvalue weighted by molar-refractivity contribution is -0.138. The van der Waals surface area contributed by atoms with Gasteiger partial charge in [0.2, 0.25) is 10.0 Å². The van der Waals surface area contributed by atoms with E-state index >= 15 is 0 Å². The fraction of sp³-hybridized carbons (Fsp3) is 0.188. The molecule has 0 aliphatic rings. The molecule has 3 N–H and O–H groups in total. The summed E-state index contributed by atoms with van der Waals surface area (Å²) in [5.74, 6) is -0.656. The fourth-order valence-electron chi connectivity index (χ4n) is 1.86. The van der Waals surface area contributed by atoms with Crippen molar-refractivity contribution >= 4 is 27.5 Å². The van der Waals surface area contributed by atoms with Gasteiger partial charge in [-0.25, -0.2) is 13.4 Å². The number of carboxylic acid groups (broad SMARTS) is 1. The highest BCUT2D eigenvalue weighted by atomic mass is 32.2. The van der Waals surface area contributed by atoms with Crippen LogP contribution in [0.4, 0.5) is 5.82 Å². The second-order valence-corrected chi connectivity index (χ2v) is 6.94. The molecule has 2 aromatic rings. The van der Waals surface area contributed by atoms with Gasteiger partial charge in [0.1, 0.15) is 11.9 Å². The highest BCUT2D eigenvalue weighted by molar-refractivity contribution is 7.89. The minimum atomic E-state index is -3.90. The summed E-state index contributed by atoms with van der Waals surface area (Å²) >= 11 is 0. The van der Waals surface area contributed by atoms with Crippen molar-refractivity contribution in [3.8, 4) is 0 Å². The third-order valence-electron chi connectivity index (χ3n) is 3.29. The van der Waals surface area contributed by atoms with E-state index in [1.807, 2.05) is 6.07 Å². The van der Waals surface area contributed by atoms with Gasteiger partial charge < -0.3 is 5.11 Å². The molecule has 0 unspecified atom stereocenters. The number of carbonyl (C=O) groups is 1. The fourth-order valence-corrected chi connectivity index (χ4v) is 3.06. The monoisotopic (exact) mass is 362 g/mol. The Bertz CT molecular complexity index is 865. The van der Waals surface area contributed by atoms with Crippen LogP contribution in [0.15, 0.2) is 58.7 Å². The van der Waals surface area contributed by atoms with Crippen molar-refractivity contribution in [3.63, 3.8) is 0 Å². The Morgan fingerprint density at radius 3 is 2.44 bits per heavy atom. The van der Waals surface area contributed by atoms with Gasteiger partial charge >= 0.3 is 5.97 Å². The molecule has 0 aliphatic carbocycles. The number of hydrogen-bond acceptors (Lipinski definition) is 6. The van der Waals surface area contributed by atoms with E-state index in [-0.39, 0.29) is 4.90 Å². The summed E-state index contributed by atoms with van der Waals surface area (Å²) in [6.45, 7) is 3.03. The molecule has 0 fully saturated rings. The van der Waals surface area contributed by atoms with Gasteiger partial charge in [-0.1, -0.05) is 18.2 Å². The van der Waals surface area contributed by atoms with Crippen molar-refractivity contribution in [2.24, 2.45) is 5.10 Å². The molecule has 0 spiro atoms. The Morgan fingerprint density at radius 1 is 1.20 bits per heavy atom. The van der Waals surface area contributed by atoms with E-state index in [1.54, 1.807) is 37.4 Å². The maximum Gasteiger partial charge on any atom is 0.321 e. The molecule has 25 heavy (non-hydrogen) atoms. The topological polar surface area (TPSA) is 121 Å². The molecule has 132 valence electrons. The number of carboxylic acids is 1. The number of rotatable bonds is 7. The van der Waals surface area contributed by atoms with Crippen LogP contribution in [-0.4, -0.2) is 36.2 Å². The molecular weight excluding hydrogens is 344 g/mol. The number of nitrogens with one attached hydrogen (secondary N) is 2. The maximum absolute atomic E-state index is 12.1. The zero-order valence-corrected chi connectivity index (χ0v) is 14.5. The minimum Gasteiger partial charge on any atom is -0.480 e. The number of aromatic nitrogens is 1. The Morgan fingerprint density at radius 2 is 1.88 bits per heavy atom. The first-order chi connectivity index (χ1) is 11.8. The minimum absolute atomic E-state index is 0.0187. The molecule has 8 nitrogen and oxygen atoms in total. The van der Waals surface area contributed by atoms with Crippen LogP contribution in [0.5, 0.6) is 0 Å². The smallest absolute Gasteiger partial charge is 0.321 e. The molecule has 1 heterocycles. The van der Waals surface area contributed by atoms with Gasteiger partial charge in [-0.2, -0.15) is 9.82 Å². The van der Waals surface area contributed by atoms with Crippen LogP contribution in [0.2, 0.25) is 0 Å². The third kappa shape index (κ3) is 5.10. The summed E-state index contributed by atoms with van der Waals surface area (Å²) in [4.78, 5) is 14.8. The zero-order valence-electron chi connectivity index (χ0n) is 13.7. The molecular formula is C16H18N4O4S. The first-order valence-electron chi connectivity index (χ1n) is 7.36. The molecule has 0 saturated carbocycles. The number of anilines is 1. The normalized spacial score (nSPS) is 13.3. The van der Waals surface area contributed by atoms with E-state index in [4.69, 9.17) is 5.11 Å². The Labute approximate surface area is 145 Å². The van der Waals surface area contributed by atoms with Crippen molar-refractivity contribution < 1.29 is 18.3 Å². The number of hydrogen-bond donors (Lipinski definition) is 3. The van der Waals surface area contributed by atoms with Gasteiger partial charge in [0.05, 0.1) is 10.6 Å².